The summed E-state index contributed by atoms with van der Waals surface area (Å²) in [4.78, 5) is 2.01. The first-order chi connectivity index (χ1) is 8.54. The van der Waals surface area contributed by atoms with Crippen molar-refractivity contribution in [1.82, 2.24) is 0 Å². The number of halogens is 3. The molecule has 96 valence electrons. The average Bonchev–Trinajstić information content (AvgIpc) is 2.68. The van der Waals surface area contributed by atoms with E-state index in [1.165, 1.54) is 13.2 Å². The second-order valence-electron chi connectivity index (χ2n) is 3.77. The van der Waals surface area contributed by atoms with Gasteiger partial charge in [0.25, 0.3) is 0 Å². The molecule has 2 rings (SSSR count). The summed E-state index contributed by atoms with van der Waals surface area (Å²) in [7, 11) is 1.51. The third-order valence-corrected chi connectivity index (χ3v) is 5.40. The van der Waals surface area contributed by atoms with Crippen molar-refractivity contribution in [2.24, 2.45) is 0 Å². The SMILES string of the molecule is COc1cccc(F)c1C(Cl)c1cc(Br)c(C)s1. The predicted octanol–water partition coefficient (Wildman–Crippen LogP) is 5.29. The van der Waals surface area contributed by atoms with E-state index >= 15 is 0 Å². The summed E-state index contributed by atoms with van der Waals surface area (Å²) < 4.78 is 20.1. The molecule has 1 heterocycles. The van der Waals surface area contributed by atoms with E-state index in [1.54, 1.807) is 23.5 Å². The molecule has 0 N–H and O–H groups in total. The van der Waals surface area contributed by atoms with Crippen LogP contribution in [-0.2, 0) is 0 Å². The van der Waals surface area contributed by atoms with Crippen LogP contribution in [0.1, 0.15) is 20.7 Å². The lowest BCUT2D eigenvalue weighted by atomic mass is 10.1. The fourth-order valence-corrected chi connectivity index (χ4v) is 3.65. The number of hydrogen-bond donors (Lipinski definition) is 0. The van der Waals surface area contributed by atoms with Crippen LogP contribution in [0, 0.1) is 12.7 Å². The van der Waals surface area contributed by atoms with Crippen LogP contribution in [0.2, 0.25) is 0 Å². The quantitative estimate of drug-likeness (QED) is 0.684. The molecule has 1 unspecified atom stereocenters. The highest BCUT2D eigenvalue weighted by Gasteiger charge is 2.22. The van der Waals surface area contributed by atoms with Gasteiger partial charge < -0.3 is 4.74 Å². The van der Waals surface area contributed by atoms with Crippen molar-refractivity contribution in [1.29, 1.82) is 0 Å². The second kappa shape index (κ2) is 5.59. The number of thiophene rings is 1. The van der Waals surface area contributed by atoms with Crippen molar-refractivity contribution in [3.8, 4) is 5.75 Å². The molecule has 0 amide bonds. The van der Waals surface area contributed by atoms with Gasteiger partial charge in [0.05, 0.1) is 18.1 Å². The predicted molar refractivity (Wildman–Crippen MR) is 77.4 cm³/mol. The smallest absolute Gasteiger partial charge is 0.131 e. The molecule has 5 heteroatoms. The Kier molecular flexibility index (Phi) is 4.30. The molecule has 0 saturated carbocycles. The van der Waals surface area contributed by atoms with Crippen LogP contribution in [0.3, 0.4) is 0 Å². The lowest BCUT2D eigenvalue weighted by molar-refractivity contribution is 0.405. The Morgan fingerprint density at radius 1 is 1.44 bits per heavy atom. The first-order valence-corrected chi connectivity index (χ1v) is 7.31. The van der Waals surface area contributed by atoms with E-state index in [2.05, 4.69) is 15.9 Å². The lowest BCUT2D eigenvalue weighted by Gasteiger charge is -2.13. The van der Waals surface area contributed by atoms with Crippen LogP contribution in [0.5, 0.6) is 5.75 Å². The van der Waals surface area contributed by atoms with E-state index in [-0.39, 0.29) is 5.82 Å². The van der Waals surface area contributed by atoms with Crippen molar-refractivity contribution in [2.45, 2.75) is 12.3 Å². The zero-order valence-electron chi connectivity index (χ0n) is 9.84. The highest BCUT2D eigenvalue weighted by atomic mass is 79.9. The van der Waals surface area contributed by atoms with Crippen molar-refractivity contribution in [3.05, 3.63) is 49.9 Å². The molecule has 0 bridgehead atoms. The van der Waals surface area contributed by atoms with Gasteiger partial charge in [-0.3, -0.25) is 0 Å². The van der Waals surface area contributed by atoms with Crippen molar-refractivity contribution in [2.75, 3.05) is 7.11 Å². The van der Waals surface area contributed by atoms with E-state index in [9.17, 15) is 4.39 Å². The molecule has 0 radical (unpaired) electrons. The van der Waals surface area contributed by atoms with Gasteiger partial charge in [0, 0.05) is 14.2 Å². The molecule has 0 saturated heterocycles. The number of rotatable bonds is 3. The first-order valence-electron chi connectivity index (χ1n) is 5.27. The van der Waals surface area contributed by atoms with Crippen LogP contribution in [0.25, 0.3) is 0 Å². The van der Waals surface area contributed by atoms with Crippen LogP contribution in [-0.4, -0.2) is 7.11 Å². The van der Waals surface area contributed by atoms with Crippen molar-refractivity contribution < 1.29 is 9.13 Å². The van der Waals surface area contributed by atoms with E-state index < -0.39 is 5.38 Å². The molecule has 1 aromatic heterocycles. The van der Waals surface area contributed by atoms with Gasteiger partial charge >= 0.3 is 0 Å². The third kappa shape index (κ3) is 2.56. The van der Waals surface area contributed by atoms with Crippen LogP contribution >= 0.6 is 38.9 Å². The summed E-state index contributed by atoms with van der Waals surface area (Å²) in [6, 6.07) is 6.63. The second-order valence-corrected chi connectivity index (χ2v) is 6.35. The molecule has 0 aliphatic rings. The minimum absolute atomic E-state index is 0.350. The maximum absolute atomic E-state index is 13.9. The fraction of sp³-hybridized carbons (Fsp3) is 0.231. The molecule has 0 aliphatic carbocycles. The first kappa shape index (κ1) is 13.8. The number of benzene rings is 1. The normalized spacial score (nSPS) is 12.5. The van der Waals surface area contributed by atoms with Crippen LogP contribution < -0.4 is 4.74 Å². The average molecular weight is 350 g/mol. The molecule has 2 aromatic rings. The Bertz CT molecular complexity index is 551. The largest absolute Gasteiger partial charge is 0.496 e. The summed E-state index contributed by atoms with van der Waals surface area (Å²) >= 11 is 11.4. The fourth-order valence-electron chi connectivity index (χ4n) is 1.69. The summed E-state index contributed by atoms with van der Waals surface area (Å²) in [5.41, 5.74) is 0.385. The van der Waals surface area contributed by atoms with Gasteiger partial charge in [-0.15, -0.1) is 22.9 Å². The number of aryl methyl sites for hydroxylation is 1. The Labute approximate surface area is 123 Å². The van der Waals surface area contributed by atoms with Gasteiger partial charge in [0.2, 0.25) is 0 Å². The molecule has 1 aromatic carbocycles. The minimum atomic E-state index is -0.545. The maximum atomic E-state index is 13.9. The summed E-state index contributed by atoms with van der Waals surface area (Å²) in [5, 5.41) is -0.545. The van der Waals surface area contributed by atoms with E-state index in [0.29, 0.717) is 11.3 Å². The van der Waals surface area contributed by atoms with Gasteiger partial charge in [0.15, 0.2) is 0 Å². The molecule has 1 atom stereocenters. The number of ether oxygens (including phenoxy) is 1. The minimum Gasteiger partial charge on any atom is -0.496 e. The highest BCUT2D eigenvalue weighted by Crippen LogP contribution is 2.41. The highest BCUT2D eigenvalue weighted by molar-refractivity contribution is 9.10. The lowest BCUT2D eigenvalue weighted by Crippen LogP contribution is -1.99. The Hall–Kier alpha value is -0.580. The standard InChI is InChI=1S/C13H11BrClFOS/c1-7-8(14)6-11(18-7)13(15)12-9(16)4-3-5-10(12)17-2/h3-6,13H,1-2H3. The maximum Gasteiger partial charge on any atom is 0.131 e. The molecule has 0 aliphatic heterocycles. The topological polar surface area (TPSA) is 9.23 Å². The Balaban J connectivity index is 2.48. The van der Waals surface area contributed by atoms with Gasteiger partial charge in [-0.1, -0.05) is 6.07 Å². The van der Waals surface area contributed by atoms with Gasteiger partial charge in [-0.05, 0) is 41.1 Å². The zero-order chi connectivity index (χ0) is 13.3. The Morgan fingerprint density at radius 3 is 2.72 bits per heavy atom. The number of hydrogen-bond acceptors (Lipinski definition) is 2. The van der Waals surface area contributed by atoms with Gasteiger partial charge in [-0.2, -0.15) is 0 Å². The molecule has 0 spiro atoms. The number of methoxy groups -OCH3 is 1. The van der Waals surface area contributed by atoms with E-state index in [4.69, 9.17) is 16.3 Å². The molecule has 0 fully saturated rings. The Morgan fingerprint density at radius 2 is 2.17 bits per heavy atom. The van der Waals surface area contributed by atoms with E-state index in [1.807, 2.05) is 13.0 Å². The monoisotopic (exact) mass is 348 g/mol. The number of alkyl halides is 1. The molecular weight excluding hydrogens is 339 g/mol. The summed E-state index contributed by atoms with van der Waals surface area (Å²) in [6.07, 6.45) is 0. The van der Waals surface area contributed by atoms with Crippen molar-refractivity contribution in [3.63, 3.8) is 0 Å². The zero-order valence-corrected chi connectivity index (χ0v) is 13.0. The third-order valence-electron chi connectivity index (χ3n) is 2.61. The molecule has 1 nitrogen and oxygen atoms in total. The van der Waals surface area contributed by atoms with Gasteiger partial charge in [0.1, 0.15) is 11.6 Å². The summed E-state index contributed by atoms with van der Waals surface area (Å²) in [5.74, 6) is 0.119. The van der Waals surface area contributed by atoms with Crippen LogP contribution in [0.15, 0.2) is 28.7 Å². The molecular formula is C13H11BrClFOS. The van der Waals surface area contributed by atoms with Gasteiger partial charge in [-0.25, -0.2) is 4.39 Å². The van der Waals surface area contributed by atoms with Crippen LogP contribution in [0.4, 0.5) is 4.39 Å². The van der Waals surface area contributed by atoms with Crippen molar-refractivity contribution >= 4 is 38.9 Å². The summed E-state index contributed by atoms with van der Waals surface area (Å²) in [6.45, 7) is 1.99. The molecule has 18 heavy (non-hydrogen) atoms. The van der Waals surface area contributed by atoms with E-state index in [0.717, 1.165) is 14.2 Å².